The lowest BCUT2D eigenvalue weighted by Gasteiger charge is -2.47. The van der Waals surface area contributed by atoms with Gasteiger partial charge in [0.1, 0.15) is 0 Å². The first-order valence-electron chi connectivity index (χ1n) is 7.52. The molecular formula is C16H18N2O3S. The number of hydrogen-bond donors (Lipinski definition) is 1. The molecule has 1 aliphatic heterocycles. The van der Waals surface area contributed by atoms with Crippen molar-refractivity contribution in [2.75, 3.05) is 20.3 Å². The number of ether oxygens (including phenoxy) is 2. The average molecular weight is 318 g/mol. The third-order valence-corrected chi connectivity index (χ3v) is 5.59. The summed E-state index contributed by atoms with van der Waals surface area (Å²) in [5.74, 6) is 0.642. The van der Waals surface area contributed by atoms with E-state index in [0.29, 0.717) is 18.1 Å². The predicted octanol–water partition coefficient (Wildman–Crippen LogP) is 2.08. The summed E-state index contributed by atoms with van der Waals surface area (Å²) in [5, 5.41) is 3.17. The lowest BCUT2D eigenvalue weighted by atomic mass is 9.67. The largest absolute Gasteiger partial charge is 0.384 e. The van der Waals surface area contributed by atoms with Gasteiger partial charge in [0.15, 0.2) is 0 Å². The van der Waals surface area contributed by atoms with Crippen molar-refractivity contribution in [3.05, 3.63) is 29.3 Å². The minimum absolute atomic E-state index is 0.0358. The number of nitrogens with zero attached hydrogens (tertiary/aromatic N) is 1. The maximum atomic E-state index is 12.5. The lowest BCUT2D eigenvalue weighted by molar-refractivity contribution is -0.0809. The smallest absolute Gasteiger partial charge is 0.251 e. The van der Waals surface area contributed by atoms with Crippen molar-refractivity contribution in [2.45, 2.75) is 18.6 Å². The predicted molar refractivity (Wildman–Crippen MR) is 84.1 cm³/mol. The molecule has 0 bridgehead atoms. The molecule has 22 heavy (non-hydrogen) atoms. The Morgan fingerprint density at radius 2 is 2.45 bits per heavy atom. The van der Waals surface area contributed by atoms with Crippen molar-refractivity contribution in [3.8, 4) is 0 Å². The third kappa shape index (κ3) is 2.22. The Kier molecular flexibility index (Phi) is 3.60. The molecule has 0 spiro atoms. The molecule has 4 rings (SSSR count). The van der Waals surface area contributed by atoms with Crippen LogP contribution in [0.15, 0.2) is 23.7 Å². The van der Waals surface area contributed by atoms with E-state index in [1.807, 2.05) is 18.2 Å². The van der Waals surface area contributed by atoms with E-state index in [2.05, 4.69) is 10.3 Å². The number of amides is 1. The Bertz CT molecular complexity index is 702. The second-order valence-electron chi connectivity index (χ2n) is 5.94. The number of benzene rings is 1. The van der Waals surface area contributed by atoms with Gasteiger partial charge in [-0.2, -0.15) is 0 Å². The van der Waals surface area contributed by atoms with Crippen LogP contribution < -0.4 is 5.32 Å². The molecule has 1 saturated carbocycles. The summed E-state index contributed by atoms with van der Waals surface area (Å²) in [5.41, 5.74) is 3.34. The number of thiazole rings is 1. The first kappa shape index (κ1) is 14.1. The second kappa shape index (κ2) is 5.61. The summed E-state index contributed by atoms with van der Waals surface area (Å²) in [6.07, 6.45) is 1.26. The lowest BCUT2D eigenvalue weighted by Crippen LogP contribution is -2.62. The van der Waals surface area contributed by atoms with Gasteiger partial charge >= 0.3 is 0 Å². The van der Waals surface area contributed by atoms with Gasteiger partial charge in [-0.1, -0.05) is 0 Å². The maximum absolute atomic E-state index is 12.5. The topological polar surface area (TPSA) is 60.5 Å². The molecule has 116 valence electrons. The summed E-state index contributed by atoms with van der Waals surface area (Å²) in [4.78, 5) is 16.8. The number of fused-ring (bicyclic) bond motifs is 2. The second-order valence-corrected chi connectivity index (χ2v) is 6.83. The van der Waals surface area contributed by atoms with Crippen LogP contribution in [-0.4, -0.2) is 43.4 Å². The van der Waals surface area contributed by atoms with Crippen LogP contribution in [0.5, 0.6) is 0 Å². The zero-order valence-electron chi connectivity index (χ0n) is 12.3. The number of carbonyl (C=O) groups is 1. The maximum Gasteiger partial charge on any atom is 0.251 e. The van der Waals surface area contributed by atoms with Gasteiger partial charge in [0.25, 0.3) is 5.91 Å². The van der Waals surface area contributed by atoms with E-state index >= 15 is 0 Å². The normalized spacial score (nSPS) is 30.0. The van der Waals surface area contributed by atoms with E-state index in [-0.39, 0.29) is 24.0 Å². The summed E-state index contributed by atoms with van der Waals surface area (Å²) in [6.45, 7) is 1.41. The first-order chi connectivity index (χ1) is 10.8. The van der Waals surface area contributed by atoms with E-state index in [1.165, 1.54) is 0 Å². The molecule has 4 atom stereocenters. The molecule has 0 unspecified atom stereocenters. The molecule has 1 aromatic heterocycles. The van der Waals surface area contributed by atoms with E-state index in [1.54, 1.807) is 24.0 Å². The van der Waals surface area contributed by atoms with E-state index < -0.39 is 0 Å². The van der Waals surface area contributed by atoms with E-state index in [4.69, 9.17) is 9.47 Å². The monoisotopic (exact) mass is 318 g/mol. The van der Waals surface area contributed by atoms with Gasteiger partial charge in [0, 0.05) is 37.2 Å². The van der Waals surface area contributed by atoms with Crippen LogP contribution in [0.25, 0.3) is 10.2 Å². The van der Waals surface area contributed by atoms with Crippen LogP contribution in [0.4, 0.5) is 0 Å². The molecule has 2 heterocycles. The van der Waals surface area contributed by atoms with Gasteiger partial charge in [-0.05, 0) is 24.6 Å². The quantitative estimate of drug-likeness (QED) is 0.937. The van der Waals surface area contributed by atoms with Crippen LogP contribution >= 0.6 is 11.3 Å². The van der Waals surface area contributed by atoms with Crippen LogP contribution in [0.1, 0.15) is 16.8 Å². The van der Waals surface area contributed by atoms with Crippen LogP contribution in [0.2, 0.25) is 0 Å². The fourth-order valence-corrected chi connectivity index (χ4v) is 4.33. The van der Waals surface area contributed by atoms with Crippen molar-refractivity contribution in [2.24, 2.45) is 11.8 Å². The summed E-state index contributed by atoms with van der Waals surface area (Å²) in [7, 11) is 1.69. The fourth-order valence-electron chi connectivity index (χ4n) is 3.67. The molecule has 0 radical (unpaired) electrons. The Morgan fingerprint density at radius 3 is 3.32 bits per heavy atom. The van der Waals surface area contributed by atoms with Crippen molar-refractivity contribution in [1.82, 2.24) is 10.3 Å². The summed E-state index contributed by atoms with van der Waals surface area (Å²) in [6, 6.07) is 5.82. The fraction of sp³-hybridized carbons (Fsp3) is 0.500. The Labute approximate surface area is 132 Å². The molecular weight excluding hydrogens is 300 g/mol. The highest BCUT2D eigenvalue weighted by atomic mass is 32.1. The SMILES string of the molecule is COC[C@@H]1[C@@H](NC(=O)c2ccc3scnc3c2)[C@@H]2CCO[C@H]12. The van der Waals surface area contributed by atoms with E-state index in [0.717, 1.165) is 23.2 Å². The number of nitrogens with one attached hydrogen (secondary N) is 1. The Balaban J connectivity index is 1.50. The highest BCUT2D eigenvalue weighted by Crippen LogP contribution is 2.43. The molecule has 2 fully saturated rings. The molecule has 6 heteroatoms. The molecule has 2 aliphatic rings. The van der Waals surface area contributed by atoms with Crippen LogP contribution in [0.3, 0.4) is 0 Å². The highest BCUT2D eigenvalue weighted by molar-refractivity contribution is 7.16. The average Bonchev–Trinajstić information content (AvgIpc) is 3.16. The molecule has 5 nitrogen and oxygen atoms in total. The molecule has 1 N–H and O–H groups in total. The molecule has 2 aromatic rings. The van der Waals surface area contributed by atoms with Crippen molar-refractivity contribution in [1.29, 1.82) is 0 Å². The summed E-state index contributed by atoms with van der Waals surface area (Å²) >= 11 is 1.58. The number of rotatable bonds is 4. The van der Waals surface area contributed by atoms with Crippen molar-refractivity contribution in [3.63, 3.8) is 0 Å². The number of hydrogen-bond acceptors (Lipinski definition) is 5. The van der Waals surface area contributed by atoms with Crippen LogP contribution in [0, 0.1) is 11.8 Å². The molecule has 1 amide bonds. The molecule has 1 aliphatic carbocycles. The van der Waals surface area contributed by atoms with Gasteiger partial charge < -0.3 is 14.8 Å². The van der Waals surface area contributed by atoms with Gasteiger partial charge in [-0.3, -0.25) is 4.79 Å². The standard InChI is InChI=1S/C16H18N2O3S/c1-20-7-11-14(10-4-5-21-15(10)11)18-16(19)9-2-3-13-12(6-9)17-8-22-13/h2-3,6,8,10-11,14-15H,4-5,7H2,1H3,(H,18,19)/t10-,11+,14-,15-/m0/s1. The van der Waals surface area contributed by atoms with Gasteiger partial charge in [-0.15, -0.1) is 11.3 Å². The van der Waals surface area contributed by atoms with Gasteiger partial charge in [-0.25, -0.2) is 4.98 Å². The molecule has 1 saturated heterocycles. The first-order valence-corrected chi connectivity index (χ1v) is 8.40. The Hall–Kier alpha value is -1.50. The number of carbonyl (C=O) groups excluding carboxylic acids is 1. The minimum Gasteiger partial charge on any atom is -0.384 e. The zero-order chi connectivity index (χ0) is 15.1. The van der Waals surface area contributed by atoms with Gasteiger partial charge in [0.05, 0.1) is 28.4 Å². The Morgan fingerprint density at radius 1 is 1.55 bits per heavy atom. The van der Waals surface area contributed by atoms with Crippen molar-refractivity contribution >= 4 is 27.5 Å². The van der Waals surface area contributed by atoms with Crippen molar-refractivity contribution < 1.29 is 14.3 Å². The van der Waals surface area contributed by atoms with Gasteiger partial charge in [0.2, 0.25) is 0 Å². The van der Waals surface area contributed by atoms with E-state index in [9.17, 15) is 4.79 Å². The number of methoxy groups -OCH3 is 1. The van der Waals surface area contributed by atoms with Crippen LogP contribution in [-0.2, 0) is 9.47 Å². The summed E-state index contributed by atoms with van der Waals surface area (Å²) < 4.78 is 12.1. The highest BCUT2D eigenvalue weighted by Gasteiger charge is 2.54. The number of aromatic nitrogens is 1. The minimum atomic E-state index is -0.0358. The third-order valence-electron chi connectivity index (χ3n) is 4.78. The zero-order valence-corrected chi connectivity index (χ0v) is 13.1. The molecule has 1 aromatic carbocycles.